The first kappa shape index (κ1) is 11.6. The summed E-state index contributed by atoms with van der Waals surface area (Å²) in [4.78, 5) is 17.9. The first-order chi connectivity index (χ1) is 9.22. The Hall–Kier alpha value is -2.50. The van der Waals surface area contributed by atoms with Crippen LogP contribution in [0.2, 0.25) is 0 Å². The monoisotopic (exact) mass is 258 g/mol. The average Bonchev–Trinajstić information content (AvgIpc) is 2.78. The lowest BCUT2D eigenvalue weighted by atomic mass is 10.2. The number of amides is 2. The van der Waals surface area contributed by atoms with Crippen molar-refractivity contribution in [3.05, 3.63) is 41.8 Å². The lowest BCUT2D eigenvalue weighted by Gasteiger charge is -2.25. The maximum Gasteiger partial charge on any atom is 0.322 e. The number of nitrogens with one attached hydrogen (secondary N) is 1. The second kappa shape index (κ2) is 4.64. The van der Waals surface area contributed by atoms with Gasteiger partial charge >= 0.3 is 6.03 Å². The molecule has 1 aliphatic heterocycles. The van der Waals surface area contributed by atoms with E-state index in [-0.39, 0.29) is 12.0 Å². The molecule has 6 nitrogen and oxygen atoms in total. The first-order valence-electron chi connectivity index (χ1n) is 6.07. The number of carbonyl (C=O) groups excluding carboxylic acids is 1. The molecule has 0 spiro atoms. The number of aromatic nitrogens is 1. The van der Waals surface area contributed by atoms with E-state index >= 15 is 0 Å². The molecule has 0 radical (unpaired) electrons. The zero-order valence-electron chi connectivity index (χ0n) is 10.3. The van der Waals surface area contributed by atoms with Gasteiger partial charge in [0.25, 0.3) is 6.01 Å². The third-order valence-electron chi connectivity index (χ3n) is 3.06. The van der Waals surface area contributed by atoms with Gasteiger partial charge < -0.3 is 20.4 Å². The number of nitrogens with two attached hydrogens (primary N) is 1. The maximum atomic E-state index is 12.1. The van der Waals surface area contributed by atoms with E-state index < -0.39 is 0 Å². The Balaban J connectivity index is 1.69. The zero-order chi connectivity index (χ0) is 13.2. The van der Waals surface area contributed by atoms with Gasteiger partial charge in [0, 0.05) is 18.7 Å². The molecule has 2 aromatic rings. The number of nitrogen functional groups attached to an aromatic ring is 1. The Kier molecular flexibility index (Phi) is 2.83. The standard InChI is InChI=1S/C13H14N4O2/c14-12-16-10-8-17(7-6-11(10)19-12)13(18)15-9-4-2-1-3-5-9/h1-5H,6-8H2,(H2,14,16)(H,15,18). The van der Waals surface area contributed by atoms with Crippen molar-refractivity contribution in [2.24, 2.45) is 0 Å². The van der Waals surface area contributed by atoms with Crippen LogP contribution < -0.4 is 11.1 Å². The fourth-order valence-corrected chi connectivity index (χ4v) is 2.12. The number of urea groups is 1. The molecule has 0 saturated heterocycles. The predicted octanol–water partition coefficient (Wildman–Crippen LogP) is 1.85. The topological polar surface area (TPSA) is 84.4 Å². The summed E-state index contributed by atoms with van der Waals surface area (Å²) in [7, 11) is 0. The molecule has 2 heterocycles. The van der Waals surface area contributed by atoms with Gasteiger partial charge in [0.15, 0.2) is 0 Å². The van der Waals surface area contributed by atoms with Crippen LogP contribution in [0.25, 0.3) is 0 Å². The number of carbonyl (C=O) groups is 1. The quantitative estimate of drug-likeness (QED) is 0.817. The van der Waals surface area contributed by atoms with E-state index in [9.17, 15) is 4.79 Å². The van der Waals surface area contributed by atoms with Crippen molar-refractivity contribution in [2.45, 2.75) is 13.0 Å². The van der Waals surface area contributed by atoms with Crippen molar-refractivity contribution >= 4 is 17.7 Å². The van der Waals surface area contributed by atoms with Crippen molar-refractivity contribution in [3.8, 4) is 0 Å². The average molecular weight is 258 g/mol. The number of hydrogen-bond acceptors (Lipinski definition) is 4. The minimum Gasteiger partial charge on any atom is -0.428 e. The third-order valence-corrected chi connectivity index (χ3v) is 3.06. The van der Waals surface area contributed by atoms with Crippen molar-refractivity contribution < 1.29 is 9.21 Å². The van der Waals surface area contributed by atoms with Gasteiger partial charge in [-0.1, -0.05) is 18.2 Å². The SMILES string of the molecule is Nc1nc2c(o1)CCN(C(=O)Nc1ccccc1)C2. The van der Waals surface area contributed by atoms with Crippen LogP contribution >= 0.6 is 0 Å². The highest BCUT2D eigenvalue weighted by Crippen LogP contribution is 2.21. The van der Waals surface area contributed by atoms with E-state index in [0.717, 1.165) is 17.1 Å². The van der Waals surface area contributed by atoms with Gasteiger partial charge in [-0.05, 0) is 12.1 Å². The molecule has 0 saturated carbocycles. The normalized spacial score (nSPS) is 14.0. The molecule has 98 valence electrons. The Morgan fingerprint density at radius 2 is 2.16 bits per heavy atom. The van der Waals surface area contributed by atoms with Gasteiger partial charge in [-0.15, -0.1) is 0 Å². The number of fused-ring (bicyclic) bond motifs is 1. The summed E-state index contributed by atoms with van der Waals surface area (Å²) < 4.78 is 5.26. The number of oxazole rings is 1. The summed E-state index contributed by atoms with van der Waals surface area (Å²) in [6.07, 6.45) is 0.641. The van der Waals surface area contributed by atoms with Crippen molar-refractivity contribution in [3.63, 3.8) is 0 Å². The van der Waals surface area contributed by atoms with Crippen LogP contribution in [-0.4, -0.2) is 22.5 Å². The van der Waals surface area contributed by atoms with Crippen molar-refractivity contribution in [1.82, 2.24) is 9.88 Å². The Bertz CT molecular complexity index is 594. The molecular weight excluding hydrogens is 244 g/mol. The van der Waals surface area contributed by atoms with E-state index in [1.54, 1.807) is 4.90 Å². The molecule has 1 aliphatic rings. The minimum atomic E-state index is -0.140. The van der Waals surface area contributed by atoms with Crippen LogP contribution in [0.4, 0.5) is 16.5 Å². The molecule has 6 heteroatoms. The summed E-state index contributed by atoms with van der Waals surface area (Å²) >= 11 is 0. The minimum absolute atomic E-state index is 0.140. The maximum absolute atomic E-state index is 12.1. The van der Waals surface area contributed by atoms with Crippen molar-refractivity contribution in [1.29, 1.82) is 0 Å². The zero-order valence-corrected chi connectivity index (χ0v) is 10.3. The van der Waals surface area contributed by atoms with E-state index in [1.807, 2.05) is 30.3 Å². The molecule has 19 heavy (non-hydrogen) atoms. The second-order valence-corrected chi connectivity index (χ2v) is 4.39. The van der Waals surface area contributed by atoms with Gasteiger partial charge in [-0.25, -0.2) is 4.79 Å². The molecule has 2 amide bonds. The van der Waals surface area contributed by atoms with Gasteiger partial charge in [0.1, 0.15) is 11.5 Å². The van der Waals surface area contributed by atoms with Gasteiger partial charge in [0.2, 0.25) is 0 Å². The number of para-hydroxylation sites is 1. The van der Waals surface area contributed by atoms with E-state index in [0.29, 0.717) is 19.5 Å². The highest BCUT2D eigenvalue weighted by atomic mass is 16.4. The fraction of sp³-hybridized carbons (Fsp3) is 0.231. The van der Waals surface area contributed by atoms with E-state index in [2.05, 4.69) is 10.3 Å². The number of nitrogens with zero attached hydrogens (tertiary/aromatic N) is 2. The third kappa shape index (κ3) is 2.37. The molecule has 3 N–H and O–H groups in total. The van der Waals surface area contributed by atoms with E-state index in [1.165, 1.54) is 0 Å². The molecule has 1 aromatic carbocycles. The smallest absolute Gasteiger partial charge is 0.322 e. The number of anilines is 2. The van der Waals surface area contributed by atoms with Crippen molar-refractivity contribution in [2.75, 3.05) is 17.6 Å². The molecule has 0 unspecified atom stereocenters. The molecule has 0 fully saturated rings. The molecule has 0 aliphatic carbocycles. The first-order valence-corrected chi connectivity index (χ1v) is 6.07. The molecule has 1 aromatic heterocycles. The highest BCUT2D eigenvalue weighted by molar-refractivity contribution is 5.89. The summed E-state index contributed by atoms with van der Waals surface area (Å²) in [5, 5.41) is 2.85. The van der Waals surface area contributed by atoms with Gasteiger partial charge in [0.05, 0.1) is 6.54 Å². The number of benzene rings is 1. The predicted molar refractivity (Wildman–Crippen MR) is 70.5 cm³/mol. The lowest BCUT2D eigenvalue weighted by Crippen LogP contribution is -2.38. The summed E-state index contributed by atoms with van der Waals surface area (Å²) in [6, 6.07) is 9.38. The molecular formula is C13H14N4O2. The van der Waals surface area contributed by atoms with E-state index in [4.69, 9.17) is 10.2 Å². The van der Waals surface area contributed by atoms with Gasteiger partial charge in [-0.3, -0.25) is 0 Å². The van der Waals surface area contributed by atoms with Crippen LogP contribution in [0.3, 0.4) is 0 Å². The summed E-state index contributed by atoms with van der Waals surface area (Å²) in [6.45, 7) is 1.02. The molecule has 0 bridgehead atoms. The lowest BCUT2D eigenvalue weighted by molar-refractivity contribution is 0.203. The summed E-state index contributed by atoms with van der Waals surface area (Å²) in [5.41, 5.74) is 7.03. The van der Waals surface area contributed by atoms with Crippen LogP contribution in [0.15, 0.2) is 34.7 Å². The van der Waals surface area contributed by atoms with Crippen LogP contribution in [0.5, 0.6) is 0 Å². The highest BCUT2D eigenvalue weighted by Gasteiger charge is 2.24. The molecule has 0 atom stereocenters. The molecule has 3 rings (SSSR count). The Morgan fingerprint density at radius 3 is 2.95 bits per heavy atom. The summed E-state index contributed by atoms with van der Waals surface area (Å²) in [5.74, 6) is 0.779. The fourth-order valence-electron chi connectivity index (χ4n) is 2.12. The van der Waals surface area contributed by atoms with Gasteiger partial charge in [-0.2, -0.15) is 4.98 Å². The second-order valence-electron chi connectivity index (χ2n) is 4.39. The van der Waals surface area contributed by atoms with Crippen LogP contribution in [0, 0.1) is 0 Å². The number of hydrogen-bond donors (Lipinski definition) is 2. The van der Waals surface area contributed by atoms with Crippen LogP contribution in [-0.2, 0) is 13.0 Å². The Morgan fingerprint density at radius 1 is 1.37 bits per heavy atom. The number of rotatable bonds is 1. The Labute approximate surface area is 110 Å². The van der Waals surface area contributed by atoms with Crippen LogP contribution in [0.1, 0.15) is 11.5 Å². The largest absolute Gasteiger partial charge is 0.428 e.